The maximum Gasteiger partial charge on any atom is 0.233 e. The van der Waals surface area contributed by atoms with E-state index in [1.54, 1.807) is 11.8 Å². The van der Waals surface area contributed by atoms with E-state index in [4.69, 9.17) is 0 Å². The molecule has 1 aromatic carbocycles. The van der Waals surface area contributed by atoms with Crippen LogP contribution in [0, 0.1) is 0 Å². The fourth-order valence-electron chi connectivity index (χ4n) is 3.20. The van der Waals surface area contributed by atoms with Crippen molar-refractivity contribution < 1.29 is 4.79 Å². The first kappa shape index (κ1) is 18.0. The molecule has 134 valence electrons. The van der Waals surface area contributed by atoms with Crippen molar-refractivity contribution in [3.8, 4) is 0 Å². The van der Waals surface area contributed by atoms with Gasteiger partial charge in [0.25, 0.3) is 0 Å². The Hall–Kier alpha value is -1.82. The van der Waals surface area contributed by atoms with E-state index in [-0.39, 0.29) is 11.9 Å². The molecule has 1 aromatic heterocycles. The lowest BCUT2D eigenvalue weighted by atomic mass is 10.1. The quantitative estimate of drug-likeness (QED) is 0.796. The summed E-state index contributed by atoms with van der Waals surface area (Å²) < 4.78 is 2.22. The number of carbonyl (C=O) groups excluding carboxylic acids is 1. The topological polar surface area (TPSA) is 51.0 Å². The molecule has 3 rings (SSSR count). The van der Waals surface area contributed by atoms with Crippen molar-refractivity contribution in [2.75, 3.05) is 12.3 Å². The SMILES string of the molecule is CC(C)SCC(=O)N1Cc2nnc(CCc3ccccc3)n2[C@@H](C)C1. The maximum atomic E-state index is 12.4. The van der Waals surface area contributed by atoms with Gasteiger partial charge < -0.3 is 9.47 Å². The Labute approximate surface area is 153 Å². The number of nitrogens with zero attached hydrogens (tertiary/aromatic N) is 4. The standard InChI is InChI=1S/C19H26N4OS/c1-14(2)25-13-19(24)22-11-15(3)23-17(20-21-18(23)12-22)10-9-16-7-5-4-6-8-16/h4-8,14-15H,9-13H2,1-3H3/t15-/m0/s1. The Balaban J connectivity index is 1.65. The molecule has 2 aromatic rings. The summed E-state index contributed by atoms with van der Waals surface area (Å²) in [5.41, 5.74) is 1.31. The van der Waals surface area contributed by atoms with E-state index in [1.807, 2.05) is 11.0 Å². The molecular weight excluding hydrogens is 332 g/mol. The summed E-state index contributed by atoms with van der Waals surface area (Å²) in [6.45, 7) is 7.69. The third-order valence-corrected chi connectivity index (χ3v) is 5.55. The number of benzene rings is 1. The van der Waals surface area contributed by atoms with Gasteiger partial charge in [-0.05, 0) is 24.2 Å². The highest BCUT2D eigenvalue weighted by Gasteiger charge is 2.28. The van der Waals surface area contributed by atoms with Gasteiger partial charge in [0, 0.05) is 13.0 Å². The van der Waals surface area contributed by atoms with Gasteiger partial charge in [0.05, 0.1) is 18.3 Å². The van der Waals surface area contributed by atoms with Gasteiger partial charge in [-0.25, -0.2) is 0 Å². The van der Waals surface area contributed by atoms with Crippen LogP contribution in [0.5, 0.6) is 0 Å². The van der Waals surface area contributed by atoms with Crippen LogP contribution in [0.15, 0.2) is 30.3 Å². The summed E-state index contributed by atoms with van der Waals surface area (Å²) in [5, 5.41) is 9.23. The second kappa shape index (κ2) is 8.04. The largest absolute Gasteiger partial charge is 0.332 e. The Morgan fingerprint density at radius 3 is 2.72 bits per heavy atom. The number of fused-ring (bicyclic) bond motifs is 1. The van der Waals surface area contributed by atoms with Crippen LogP contribution in [0.25, 0.3) is 0 Å². The smallest absolute Gasteiger partial charge is 0.233 e. The van der Waals surface area contributed by atoms with Crippen LogP contribution in [-0.4, -0.2) is 43.1 Å². The van der Waals surface area contributed by atoms with Gasteiger partial charge in [-0.2, -0.15) is 0 Å². The van der Waals surface area contributed by atoms with Gasteiger partial charge in [-0.3, -0.25) is 4.79 Å². The first-order valence-corrected chi connectivity index (χ1v) is 9.95. The van der Waals surface area contributed by atoms with Crippen molar-refractivity contribution in [2.24, 2.45) is 0 Å². The average molecular weight is 359 g/mol. The predicted molar refractivity (Wildman–Crippen MR) is 102 cm³/mol. The highest BCUT2D eigenvalue weighted by molar-refractivity contribution is 8.00. The fraction of sp³-hybridized carbons (Fsp3) is 0.526. The number of carbonyl (C=O) groups is 1. The molecule has 25 heavy (non-hydrogen) atoms. The average Bonchev–Trinajstić information content (AvgIpc) is 3.02. The molecule has 0 unspecified atom stereocenters. The van der Waals surface area contributed by atoms with Crippen LogP contribution in [0.3, 0.4) is 0 Å². The van der Waals surface area contributed by atoms with E-state index in [1.165, 1.54) is 5.56 Å². The van der Waals surface area contributed by atoms with Gasteiger partial charge in [0.2, 0.25) is 5.91 Å². The molecule has 1 aliphatic rings. The van der Waals surface area contributed by atoms with E-state index in [0.717, 1.165) is 31.0 Å². The number of hydrogen-bond donors (Lipinski definition) is 0. The first-order valence-electron chi connectivity index (χ1n) is 8.90. The molecular formula is C19H26N4OS. The first-order chi connectivity index (χ1) is 12.0. The second-order valence-electron chi connectivity index (χ2n) is 6.87. The summed E-state index contributed by atoms with van der Waals surface area (Å²) in [4.78, 5) is 14.3. The van der Waals surface area contributed by atoms with Crippen LogP contribution in [-0.2, 0) is 24.2 Å². The Morgan fingerprint density at radius 2 is 2.00 bits per heavy atom. The Kier molecular flexibility index (Phi) is 5.78. The van der Waals surface area contributed by atoms with Gasteiger partial charge >= 0.3 is 0 Å². The molecule has 2 heterocycles. The van der Waals surface area contributed by atoms with Crippen LogP contribution < -0.4 is 0 Å². The molecule has 0 aliphatic carbocycles. The highest BCUT2D eigenvalue weighted by Crippen LogP contribution is 2.23. The summed E-state index contributed by atoms with van der Waals surface area (Å²) in [6.07, 6.45) is 1.83. The third kappa shape index (κ3) is 4.42. The number of aromatic nitrogens is 3. The third-order valence-electron chi connectivity index (χ3n) is 4.47. The van der Waals surface area contributed by atoms with Crippen molar-refractivity contribution in [2.45, 2.75) is 51.4 Å². The highest BCUT2D eigenvalue weighted by atomic mass is 32.2. The van der Waals surface area contributed by atoms with Crippen molar-refractivity contribution in [1.82, 2.24) is 19.7 Å². The lowest BCUT2D eigenvalue weighted by molar-refractivity contribution is -0.130. The second-order valence-corrected chi connectivity index (χ2v) is 8.44. The summed E-state index contributed by atoms with van der Waals surface area (Å²) >= 11 is 1.69. The molecule has 1 amide bonds. The molecule has 0 bridgehead atoms. The van der Waals surface area contributed by atoms with Gasteiger partial charge in [-0.1, -0.05) is 44.2 Å². The van der Waals surface area contributed by atoms with Crippen LogP contribution in [0.1, 0.15) is 44.0 Å². The number of thioether (sulfide) groups is 1. The molecule has 0 spiro atoms. The van der Waals surface area contributed by atoms with Gasteiger partial charge in [0.15, 0.2) is 5.82 Å². The van der Waals surface area contributed by atoms with Gasteiger partial charge in [-0.15, -0.1) is 22.0 Å². The molecule has 0 fully saturated rings. The minimum Gasteiger partial charge on any atom is -0.332 e. The van der Waals surface area contributed by atoms with E-state index in [0.29, 0.717) is 17.5 Å². The number of rotatable bonds is 6. The number of amides is 1. The zero-order valence-corrected chi connectivity index (χ0v) is 16.0. The van der Waals surface area contributed by atoms with Crippen LogP contribution in [0.2, 0.25) is 0 Å². The Bertz CT molecular complexity index is 713. The van der Waals surface area contributed by atoms with E-state index in [9.17, 15) is 4.79 Å². The summed E-state index contributed by atoms with van der Waals surface area (Å²) in [7, 11) is 0. The molecule has 5 nitrogen and oxygen atoms in total. The monoisotopic (exact) mass is 358 g/mol. The van der Waals surface area contributed by atoms with Crippen molar-refractivity contribution in [3.63, 3.8) is 0 Å². The molecule has 0 radical (unpaired) electrons. The minimum atomic E-state index is 0.200. The molecule has 1 atom stereocenters. The van der Waals surface area contributed by atoms with E-state index < -0.39 is 0 Å². The maximum absolute atomic E-state index is 12.4. The summed E-state index contributed by atoms with van der Waals surface area (Å²) in [5.74, 6) is 2.67. The zero-order chi connectivity index (χ0) is 17.8. The molecule has 0 saturated carbocycles. The normalized spacial score (nSPS) is 17.0. The number of hydrogen-bond acceptors (Lipinski definition) is 4. The molecule has 0 saturated heterocycles. The van der Waals surface area contributed by atoms with Crippen LogP contribution >= 0.6 is 11.8 Å². The summed E-state index contributed by atoms with van der Waals surface area (Å²) in [6, 6.07) is 10.7. The zero-order valence-electron chi connectivity index (χ0n) is 15.2. The Morgan fingerprint density at radius 1 is 1.24 bits per heavy atom. The van der Waals surface area contributed by atoms with Crippen molar-refractivity contribution in [1.29, 1.82) is 0 Å². The van der Waals surface area contributed by atoms with Gasteiger partial charge in [0.1, 0.15) is 5.82 Å². The molecule has 1 aliphatic heterocycles. The van der Waals surface area contributed by atoms with Crippen molar-refractivity contribution in [3.05, 3.63) is 47.5 Å². The number of aryl methyl sites for hydroxylation is 2. The predicted octanol–water partition coefficient (Wildman–Crippen LogP) is 3.11. The lowest BCUT2D eigenvalue weighted by Gasteiger charge is -2.32. The fourth-order valence-corrected chi connectivity index (χ4v) is 3.86. The van der Waals surface area contributed by atoms with E-state index >= 15 is 0 Å². The van der Waals surface area contributed by atoms with Crippen molar-refractivity contribution >= 4 is 17.7 Å². The molecule has 0 N–H and O–H groups in total. The lowest BCUT2D eigenvalue weighted by Crippen LogP contribution is -2.41. The molecule has 6 heteroatoms. The van der Waals surface area contributed by atoms with Crippen LogP contribution in [0.4, 0.5) is 0 Å². The van der Waals surface area contributed by atoms with E-state index in [2.05, 4.69) is 59.8 Å². The minimum absolute atomic E-state index is 0.200.